The monoisotopic (exact) mass is 271 g/mol. The maximum atomic E-state index is 12.3. The molecule has 0 radical (unpaired) electrons. The van der Waals surface area contributed by atoms with Crippen LogP contribution >= 0.6 is 0 Å². The molecule has 2 aromatic rings. The number of aromatic nitrogens is 1. The Morgan fingerprint density at radius 1 is 1.35 bits per heavy atom. The van der Waals surface area contributed by atoms with Crippen LogP contribution in [0, 0.1) is 0 Å². The summed E-state index contributed by atoms with van der Waals surface area (Å²) in [6.07, 6.45) is 0.722. The van der Waals surface area contributed by atoms with E-state index in [2.05, 4.69) is 10.3 Å². The molecule has 0 atom stereocenters. The Bertz CT molecular complexity index is 626. The molecule has 0 unspecified atom stereocenters. The van der Waals surface area contributed by atoms with E-state index in [1.807, 2.05) is 19.1 Å². The highest BCUT2D eigenvalue weighted by Crippen LogP contribution is 2.23. The SMILES string of the molecule is CCc1cc(C(=O)Nc2ccccc2OC)cc(N)n1. The maximum Gasteiger partial charge on any atom is 0.255 e. The number of hydrogen-bond acceptors (Lipinski definition) is 4. The molecule has 5 heteroatoms. The third-order valence-corrected chi connectivity index (χ3v) is 2.88. The standard InChI is InChI=1S/C15H17N3O2/c1-3-11-8-10(9-14(16)17-11)15(19)18-12-6-4-5-7-13(12)20-2/h4-9H,3H2,1-2H3,(H2,16,17)(H,18,19). The zero-order chi connectivity index (χ0) is 14.5. The van der Waals surface area contributed by atoms with E-state index in [9.17, 15) is 4.79 Å². The highest BCUT2D eigenvalue weighted by molar-refractivity contribution is 6.05. The molecule has 1 amide bonds. The van der Waals surface area contributed by atoms with Crippen molar-refractivity contribution in [1.29, 1.82) is 0 Å². The third kappa shape index (κ3) is 3.06. The van der Waals surface area contributed by atoms with E-state index in [0.29, 0.717) is 22.8 Å². The van der Waals surface area contributed by atoms with Crippen LogP contribution in [-0.4, -0.2) is 18.0 Å². The first kappa shape index (κ1) is 13.9. The molecule has 0 saturated heterocycles. The van der Waals surface area contributed by atoms with Gasteiger partial charge in [-0.3, -0.25) is 4.79 Å². The van der Waals surface area contributed by atoms with Crippen molar-refractivity contribution in [3.8, 4) is 5.75 Å². The normalized spacial score (nSPS) is 10.1. The van der Waals surface area contributed by atoms with E-state index in [-0.39, 0.29) is 5.91 Å². The van der Waals surface area contributed by atoms with Crippen molar-refractivity contribution >= 4 is 17.4 Å². The number of nitrogens with one attached hydrogen (secondary N) is 1. The van der Waals surface area contributed by atoms with E-state index in [1.54, 1.807) is 31.4 Å². The Morgan fingerprint density at radius 2 is 2.10 bits per heavy atom. The van der Waals surface area contributed by atoms with Crippen molar-refractivity contribution in [2.75, 3.05) is 18.2 Å². The van der Waals surface area contributed by atoms with Gasteiger partial charge in [-0.25, -0.2) is 4.98 Å². The fraction of sp³-hybridized carbons (Fsp3) is 0.200. The summed E-state index contributed by atoms with van der Waals surface area (Å²) in [5.41, 5.74) is 7.60. The van der Waals surface area contributed by atoms with Gasteiger partial charge in [-0.2, -0.15) is 0 Å². The minimum absolute atomic E-state index is 0.238. The molecule has 0 aliphatic carbocycles. The van der Waals surface area contributed by atoms with E-state index in [0.717, 1.165) is 12.1 Å². The Balaban J connectivity index is 2.26. The Morgan fingerprint density at radius 3 is 2.80 bits per heavy atom. The number of methoxy groups -OCH3 is 1. The molecule has 20 heavy (non-hydrogen) atoms. The summed E-state index contributed by atoms with van der Waals surface area (Å²) in [6, 6.07) is 10.5. The fourth-order valence-corrected chi connectivity index (χ4v) is 1.87. The molecule has 1 aromatic heterocycles. The van der Waals surface area contributed by atoms with E-state index in [1.165, 1.54) is 0 Å². The summed E-state index contributed by atoms with van der Waals surface area (Å²) in [5.74, 6) is 0.714. The fourth-order valence-electron chi connectivity index (χ4n) is 1.87. The molecular formula is C15H17N3O2. The van der Waals surface area contributed by atoms with E-state index in [4.69, 9.17) is 10.5 Å². The van der Waals surface area contributed by atoms with E-state index >= 15 is 0 Å². The maximum absolute atomic E-state index is 12.3. The number of hydrogen-bond donors (Lipinski definition) is 2. The number of ether oxygens (including phenoxy) is 1. The van der Waals surface area contributed by atoms with Gasteiger partial charge >= 0.3 is 0 Å². The van der Waals surface area contributed by atoms with Crippen LogP contribution in [-0.2, 0) is 6.42 Å². The number of carbonyl (C=O) groups excluding carboxylic acids is 1. The van der Waals surface area contributed by atoms with Crippen LogP contribution < -0.4 is 15.8 Å². The summed E-state index contributed by atoms with van der Waals surface area (Å²) in [4.78, 5) is 16.4. The smallest absolute Gasteiger partial charge is 0.255 e. The summed E-state index contributed by atoms with van der Waals surface area (Å²) >= 11 is 0. The van der Waals surface area contributed by atoms with Gasteiger partial charge in [0.15, 0.2) is 0 Å². The molecule has 0 fully saturated rings. The Labute approximate surface area is 117 Å². The number of nitrogen functional groups attached to an aromatic ring is 1. The second-order valence-electron chi connectivity index (χ2n) is 4.28. The summed E-state index contributed by atoms with van der Waals surface area (Å²) < 4.78 is 5.20. The molecule has 0 aliphatic rings. The van der Waals surface area contributed by atoms with Gasteiger partial charge in [-0.15, -0.1) is 0 Å². The minimum Gasteiger partial charge on any atom is -0.495 e. The lowest BCUT2D eigenvalue weighted by atomic mass is 10.1. The molecule has 104 valence electrons. The predicted octanol–water partition coefficient (Wildman–Crippen LogP) is 2.49. The molecular weight excluding hydrogens is 254 g/mol. The zero-order valence-electron chi connectivity index (χ0n) is 11.5. The zero-order valence-corrected chi connectivity index (χ0v) is 11.5. The number of aryl methyl sites for hydroxylation is 1. The minimum atomic E-state index is -0.238. The number of nitrogens with two attached hydrogens (primary N) is 1. The first-order valence-corrected chi connectivity index (χ1v) is 6.35. The van der Waals surface area contributed by atoms with Gasteiger partial charge in [0.05, 0.1) is 12.8 Å². The van der Waals surface area contributed by atoms with Crippen molar-refractivity contribution < 1.29 is 9.53 Å². The van der Waals surface area contributed by atoms with Crippen molar-refractivity contribution in [1.82, 2.24) is 4.98 Å². The number of amides is 1. The molecule has 1 heterocycles. The highest BCUT2D eigenvalue weighted by Gasteiger charge is 2.11. The molecule has 2 rings (SSSR count). The van der Waals surface area contributed by atoms with Gasteiger partial charge in [0.1, 0.15) is 11.6 Å². The van der Waals surface area contributed by atoms with Crippen molar-refractivity contribution in [3.63, 3.8) is 0 Å². The van der Waals surface area contributed by atoms with Crippen LogP contribution in [0.15, 0.2) is 36.4 Å². The lowest BCUT2D eigenvalue weighted by Crippen LogP contribution is -2.14. The van der Waals surface area contributed by atoms with Crippen molar-refractivity contribution in [2.45, 2.75) is 13.3 Å². The number of pyridine rings is 1. The molecule has 0 spiro atoms. The van der Waals surface area contributed by atoms with Gasteiger partial charge < -0.3 is 15.8 Å². The lowest BCUT2D eigenvalue weighted by Gasteiger charge is -2.10. The second kappa shape index (κ2) is 6.06. The first-order valence-electron chi connectivity index (χ1n) is 6.35. The third-order valence-electron chi connectivity index (χ3n) is 2.88. The summed E-state index contributed by atoms with van der Waals surface area (Å²) in [6.45, 7) is 1.96. The number of anilines is 2. The second-order valence-corrected chi connectivity index (χ2v) is 4.28. The average molecular weight is 271 g/mol. The molecule has 0 aliphatic heterocycles. The lowest BCUT2D eigenvalue weighted by molar-refractivity contribution is 0.102. The number of rotatable bonds is 4. The van der Waals surface area contributed by atoms with Gasteiger partial charge in [0.2, 0.25) is 0 Å². The number of nitrogens with zero attached hydrogens (tertiary/aromatic N) is 1. The molecule has 0 saturated carbocycles. The largest absolute Gasteiger partial charge is 0.495 e. The van der Waals surface area contributed by atoms with E-state index < -0.39 is 0 Å². The Hall–Kier alpha value is -2.56. The summed E-state index contributed by atoms with van der Waals surface area (Å²) in [5, 5.41) is 2.81. The van der Waals surface area contributed by atoms with Crippen LogP contribution in [0.2, 0.25) is 0 Å². The van der Waals surface area contributed by atoms with Gasteiger partial charge in [0.25, 0.3) is 5.91 Å². The predicted molar refractivity (Wildman–Crippen MR) is 79.0 cm³/mol. The van der Waals surface area contributed by atoms with Gasteiger partial charge in [0, 0.05) is 11.3 Å². The first-order chi connectivity index (χ1) is 9.63. The average Bonchev–Trinajstić information content (AvgIpc) is 2.47. The van der Waals surface area contributed by atoms with Gasteiger partial charge in [-0.05, 0) is 30.7 Å². The van der Waals surface area contributed by atoms with Crippen molar-refractivity contribution in [3.05, 3.63) is 47.7 Å². The van der Waals surface area contributed by atoms with Crippen LogP contribution in [0.3, 0.4) is 0 Å². The number of para-hydroxylation sites is 2. The summed E-state index contributed by atoms with van der Waals surface area (Å²) in [7, 11) is 1.56. The quantitative estimate of drug-likeness (QED) is 0.895. The van der Waals surface area contributed by atoms with Crippen LogP contribution in [0.1, 0.15) is 23.0 Å². The molecule has 1 aromatic carbocycles. The molecule has 3 N–H and O–H groups in total. The van der Waals surface area contributed by atoms with Gasteiger partial charge in [-0.1, -0.05) is 19.1 Å². The number of benzene rings is 1. The molecule has 0 bridgehead atoms. The number of carbonyl (C=O) groups is 1. The highest BCUT2D eigenvalue weighted by atomic mass is 16.5. The Kier molecular flexibility index (Phi) is 4.20. The van der Waals surface area contributed by atoms with Crippen LogP contribution in [0.25, 0.3) is 0 Å². The molecule has 5 nitrogen and oxygen atoms in total. The topological polar surface area (TPSA) is 77.2 Å². The van der Waals surface area contributed by atoms with Crippen LogP contribution in [0.5, 0.6) is 5.75 Å². The van der Waals surface area contributed by atoms with Crippen molar-refractivity contribution in [2.24, 2.45) is 0 Å². The van der Waals surface area contributed by atoms with Crippen LogP contribution in [0.4, 0.5) is 11.5 Å².